The van der Waals surface area contributed by atoms with Crippen LogP contribution in [0.2, 0.25) is 0 Å². The molecule has 0 spiro atoms. The highest BCUT2D eigenvalue weighted by molar-refractivity contribution is 7.99. The number of alkyl halides is 1. The number of rotatable bonds is 5. The first-order valence-corrected chi connectivity index (χ1v) is 8.62. The summed E-state index contributed by atoms with van der Waals surface area (Å²) in [5.74, 6) is 0.548. The third-order valence-electron chi connectivity index (χ3n) is 2.33. The Labute approximate surface area is 111 Å². The molecule has 1 fully saturated rings. The van der Waals surface area contributed by atoms with E-state index in [1.807, 2.05) is 0 Å². The van der Waals surface area contributed by atoms with Gasteiger partial charge in [-0.05, 0) is 6.92 Å². The quantitative estimate of drug-likeness (QED) is 0.548. The van der Waals surface area contributed by atoms with Gasteiger partial charge in [0.25, 0.3) is 0 Å². The van der Waals surface area contributed by atoms with Crippen LogP contribution in [0.5, 0.6) is 0 Å². The molecule has 1 unspecified atom stereocenters. The number of ether oxygens (including phenoxy) is 1. The Morgan fingerprint density at radius 3 is 2.88 bits per heavy atom. The summed E-state index contributed by atoms with van der Waals surface area (Å²) in [6.07, 6.45) is 0. The molecule has 1 atom stereocenters. The van der Waals surface area contributed by atoms with E-state index in [2.05, 4.69) is 0 Å². The van der Waals surface area contributed by atoms with Crippen LogP contribution >= 0.6 is 23.4 Å². The average molecular weight is 302 g/mol. The number of thioether (sulfide) groups is 1. The molecule has 0 aliphatic carbocycles. The number of sulfonamides is 1. The van der Waals surface area contributed by atoms with Gasteiger partial charge < -0.3 is 4.74 Å². The van der Waals surface area contributed by atoms with Crippen LogP contribution < -0.4 is 0 Å². The monoisotopic (exact) mass is 301 g/mol. The first-order chi connectivity index (χ1) is 8.03. The van der Waals surface area contributed by atoms with E-state index in [1.165, 1.54) is 4.31 Å². The Morgan fingerprint density at radius 2 is 2.29 bits per heavy atom. The van der Waals surface area contributed by atoms with Crippen LogP contribution in [0, 0.1) is 0 Å². The number of halogens is 1. The SMILES string of the molecule is CCOC(=O)C1CSCCN1S(=O)(=O)CCCl. The normalized spacial score (nSPS) is 22.4. The number of hydrogen-bond acceptors (Lipinski definition) is 5. The fraction of sp³-hybridized carbons (Fsp3) is 0.889. The van der Waals surface area contributed by atoms with E-state index >= 15 is 0 Å². The zero-order valence-electron chi connectivity index (χ0n) is 9.59. The zero-order chi connectivity index (χ0) is 12.9. The Hall–Kier alpha value is 0.0200. The first-order valence-electron chi connectivity index (χ1n) is 5.32. The highest BCUT2D eigenvalue weighted by Gasteiger charge is 2.37. The second-order valence-electron chi connectivity index (χ2n) is 3.46. The summed E-state index contributed by atoms with van der Waals surface area (Å²) in [6, 6.07) is -0.707. The van der Waals surface area contributed by atoms with Crippen LogP contribution in [0.4, 0.5) is 0 Å². The second kappa shape index (κ2) is 6.82. The molecule has 0 saturated carbocycles. The molecule has 8 heteroatoms. The van der Waals surface area contributed by atoms with Crippen LogP contribution in [-0.2, 0) is 19.6 Å². The molecule has 0 aromatic carbocycles. The van der Waals surface area contributed by atoms with Crippen molar-refractivity contribution in [1.29, 1.82) is 0 Å². The van der Waals surface area contributed by atoms with Crippen LogP contribution in [-0.4, -0.2) is 61.0 Å². The van der Waals surface area contributed by atoms with E-state index in [0.717, 1.165) is 0 Å². The summed E-state index contributed by atoms with van der Waals surface area (Å²) in [6.45, 7) is 2.29. The molecule has 0 amide bonds. The van der Waals surface area contributed by atoms with Crippen LogP contribution in [0.3, 0.4) is 0 Å². The summed E-state index contributed by atoms with van der Waals surface area (Å²) in [4.78, 5) is 11.7. The average Bonchev–Trinajstić information content (AvgIpc) is 2.29. The molecule has 1 rings (SSSR count). The molecule has 1 aliphatic rings. The Morgan fingerprint density at radius 1 is 1.59 bits per heavy atom. The Kier molecular flexibility index (Phi) is 6.05. The van der Waals surface area contributed by atoms with Gasteiger partial charge in [-0.1, -0.05) is 0 Å². The lowest BCUT2D eigenvalue weighted by Crippen LogP contribution is -2.51. The van der Waals surface area contributed by atoms with E-state index in [9.17, 15) is 13.2 Å². The van der Waals surface area contributed by atoms with E-state index in [1.54, 1.807) is 18.7 Å². The molecule has 0 aromatic heterocycles. The third-order valence-corrected chi connectivity index (χ3v) is 5.64. The van der Waals surface area contributed by atoms with Crippen molar-refractivity contribution in [1.82, 2.24) is 4.31 Å². The lowest BCUT2D eigenvalue weighted by atomic mass is 10.3. The third kappa shape index (κ3) is 4.01. The van der Waals surface area contributed by atoms with Gasteiger partial charge in [-0.25, -0.2) is 8.42 Å². The van der Waals surface area contributed by atoms with Gasteiger partial charge in [0, 0.05) is 23.9 Å². The molecule has 0 radical (unpaired) electrons. The number of carbonyl (C=O) groups excluding carboxylic acids is 1. The topological polar surface area (TPSA) is 63.7 Å². The molecular formula is C9H16ClNO4S2. The molecule has 100 valence electrons. The Bertz CT molecular complexity index is 360. The van der Waals surface area contributed by atoms with Crippen molar-refractivity contribution in [2.24, 2.45) is 0 Å². The molecule has 1 aliphatic heterocycles. The molecule has 17 heavy (non-hydrogen) atoms. The van der Waals surface area contributed by atoms with Gasteiger partial charge in [0.05, 0.1) is 12.4 Å². The largest absolute Gasteiger partial charge is 0.465 e. The number of nitrogens with zero attached hydrogens (tertiary/aromatic N) is 1. The zero-order valence-corrected chi connectivity index (χ0v) is 12.0. The van der Waals surface area contributed by atoms with Gasteiger partial charge in [0.15, 0.2) is 0 Å². The summed E-state index contributed by atoms with van der Waals surface area (Å²) in [5, 5.41) is 0. The van der Waals surface area contributed by atoms with Gasteiger partial charge >= 0.3 is 5.97 Å². The molecule has 0 N–H and O–H groups in total. The van der Waals surface area contributed by atoms with Crippen LogP contribution in [0.1, 0.15) is 6.92 Å². The minimum absolute atomic E-state index is 0.0293. The summed E-state index contributed by atoms with van der Waals surface area (Å²) in [5.41, 5.74) is 0. The second-order valence-corrected chi connectivity index (χ2v) is 7.03. The fourth-order valence-electron chi connectivity index (χ4n) is 1.56. The lowest BCUT2D eigenvalue weighted by Gasteiger charge is -2.32. The molecular weight excluding hydrogens is 286 g/mol. The number of hydrogen-bond donors (Lipinski definition) is 0. The van der Waals surface area contributed by atoms with Crippen molar-refractivity contribution in [2.75, 3.05) is 36.3 Å². The summed E-state index contributed by atoms with van der Waals surface area (Å²) < 4.78 is 30.0. The van der Waals surface area contributed by atoms with Crippen molar-refractivity contribution >= 4 is 39.4 Å². The van der Waals surface area contributed by atoms with E-state index in [4.69, 9.17) is 16.3 Å². The highest BCUT2D eigenvalue weighted by atomic mass is 35.5. The predicted molar refractivity (Wildman–Crippen MR) is 69.0 cm³/mol. The molecule has 0 aromatic rings. The van der Waals surface area contributed by atoms with Gasteiger partial charge in [-0.2, -0.15) is 16.1 Å². The van der Waals surface area contributed by atoms with Gasteiger partial charge in [0.2, 0.25) is 10.0 Å². The van der Waals surface area contributed by atoms with Crippen molar-refractivity contribution in [3.8, 4) is 0 Å². The van der Waals surface area contributed by atoms with Gasteiger partial charge in [0.1, 0.15) is 6.04 Å². The van der Waals surface area contributed by atoms with Crippen LogP contribution in [0.25, 0.3) is 0 Å². The Balaban J connectivity index is 2.82. The molecule has 1 saturated heterocycles. The minimum Gasteiger partial charge on any atom is -0.465 e. The fourth-order valence-corrected chi connectivity index (χ4v) is 4.73. The molecule has 5 nitrogen and oxygen atoms in total. The van der Waals surface area contributed by atoms with E-state index in [0.29, 0.717) is 18.1 Å². The predicted octanol–water partition coefficient (Wildman–Crippen LogP) is 0.536. The smallest absolute Gasteiger partial charge is 0.325 e. The lowest BCUT2D eigenvalue weighted by molar-refractivity contribution is -0.146. The van der Waals surface area contributed by atoms with Gasteiger partial charge in [-0.3, -0.25) is 4.79 Å². The highest BCUT2D eigenvalue weighted by Crippen LogP contribution is 2.21. The van der Waals surface area contributed by atoms with Gasteiger partial charge in [-0.15, -0.1) is 11.6 Å². The minimum atomic E-state index is -3.46. The van der Waals surface area contributed by atoms with Crippen LogP contribution in [0.15, 0.2) is 0 Å². The standard InChI is InChI=1S/C9H16ClNO4S2/c1-2-15-9(12)8-7-16-5-4-11(8)17(13,14)6-3-10/h8H,2-7H2,1H3. The van der Waals surface area contributed by atoms with Crippen molar-refractivity contribution < 1.29 is 17.9 Å². The molecule has 0 bridgehead atoms. The van der Waals surface area contributed by atoms with Crippen molar-refractivity contribution in [2.45, 2.75) is 13.0 Å². The van der Waals surface area contributed by atoms with E-state index < -0.39 is 22.0 Å². The first kappa shape index (κ1) is 15.1. The maximum absolute atomic E-state index is 11.9. The summed E-state index contributed by atoms with van der Waals surface area (Å²) in [7, 11) is -3.46. The molecule has 1 heterocycles. The van der Waals surface area contributed by atoms with Crippen molar-refractivity contribution in [3.05, 3.63) is 0 Å². The maximum Gasteiger partial charge on any atom is 0.325 e. The number of carbonyl (C=O) groups is 1. The van der Waals surface area contributed by atoms with E-state index in [-0.39, 0.29) is 18.2 Å². The van der Waals surface area contributed by atoms with Crippen molar-refractivity contribution in [3.63, 3.8) is 0 Å². The number of esters is 1. The summed E-state index contributed by atoms with van der Waals surface area (Å²) >= 11 is 7.02. The maximum atomic E-state index is 11.9.